The Labute approximate surface area is 105 Å². The topological polar surface area (TPSA) is 88.0 Å². The van der Waals surface area contributed by atoms with Crippen molar-refractivity contribution in [2.75, 3.05) is 6.54 Å². The van der Waals surface area contributed by atoms with Crippen LogP contribution in [0, 0.1) is 5.41 Å². The molecule has 1 amide bonds. The summed E-state index contributed by atoms with van der Waals surface area (Å²) in [5.74, 6) is -1.40. The third-order valence-electron chi connectivity index (χ3n) is 3.58. The molecule has 2 rings (SSSR count). The number of amides is 1. The van der Waals surface area contributed by atoms with Gasteiger partial charge in [0, 0.05) is 13.0 Å². The molecule has 1 aliphatic heterocycles. The SMILES string of the molecule is CCCC1(CNC(=O)C2CC(C(=O)O)=NO2)CC1. The molecule has 18 heavy (non-hydrogen) atoms. The van der Waals surface area contributed by atoms with Gasteiger partial charge >= 0.3 is 5.97 Å². The minimum Gasteiger partial charge on any atom is -0.477 e. The van der Waals surface area contributed by atoms with E-state index in [-0.39, 0.29) is 23.5 Å². The van der Waals surface area contributed by atoms with Gasteiger partial charge in [0.25, 0.3) is 5.91 Å². The van der Waals surface area contributed by atoms with Crippen LogP contribution in [0.1, 0.15) is 39.0 Å². The van der Waals surface area contributed by atoms with Gasteiger partial charge in [0.2, 0.25) is 6.10 Å². The first kappa shape index (κ1) is 12.9. The molecule has 1 saturated carbocycles. The number of carbonyl (C=O) groups excluding carboxylic acids is 1. The molecular weight excluding hydrogens is 236 g/mol. The standard InChI is InChI=1S/C12H18N2O4/c1-2-3-12(4-5-12)7-13-10(15)9-6-8(11(16)17)14-18-9/h9H,2-7H2,1H3,(H,13,15)(H,16,17). The van der Waals surface area contributed by atoms with E-state index in [0.29, 0.717) is 6.54 Å². The summed E-state index contributed by atoms with van der Waals surface area (Å²) in [4.78, 5) is 27.3. The Morgan fingerprint density at radius 2 is 2.28 bits per heavy atom. The number of carboxylic acids is 1. The fourth-order valence-corrected chi connectivity index (χ4v) is 2.26. The van der Waals surface area contributed by atoms with Crippen molar-refractivity contribution in [3.63, 3.8) is 0 Å². The molecule has 6 heteroatoms. The van der Waals surface area contributed by atoms with Gasteiger partial charge in [-0.25, -0.2) is 4.79 Å². The summed E-state index contributed by atoms with van der Waals surface area (Å²) >= 11 is 0. The second-order valence-electron chi connectivity index (χ2n) is 5.11. The average Bonchev–Trinajstić information content (AvgIpc) is 2.92. The fraction of sp³-hybridized carbons (Fsp3) is 0.750. The van der Waals surface area contributed by atoms with Crippen molar-refractivity contribution in [3.05, 3.63) is 0 Å². The number of hydrogen-bond donors (Lipinski definition) is 2. The van der Waals surface area contributed by atoms with Gasteiger partial charge in [0.1, 0.15) is 0 Å². The number of rotatable bonds is 6. The molecule has 0 radical (unpaired) electrons. The molecule has 2 N–H and O–H groups in total. The molecule has 0 aromatic rings. The zero-order valence-electron chi connectivity index (χ0n) is 10.4. The van der Waals surface area contributed by atoms with Crippen LogP contribution < -0.4 is 5.32 Å². The van der Waals surface area contributed by atoms with Crippen LogP contribution in [0.2, 0.25) is 0 Å². The lowest BCUT2D eigenvalue weighted by Crippen LogP contribution is -2.38. The van der Waals surface area contributed by atoms with Crippen molar-refractivity contribution >= 4 is 17.6 Å². The summed E-state index contributed by atoms with van der Waals surface area (Å²) in [5, 5.41) is 14.9. The van der Waals surface area contributed by atoms with Gasteiger partial charge < -0.3 is 15.3 Å². The molecule has 1 unspecified atom stereocenters. The number of nitrogens with zero attached hydrogens (tertiary/aromatic N) is 1. The lowest BCUT2D eigenvalue weighted by atomic mass is 10.0. The maximum atomic E-state index is 11.8. The average molecular weight is 254 g/mol. The summed E-state index contributed by atoms with van der Waals surface area (Å²) in [6.45, 7) is 2.79. The summed E-state index contributed by atoms with van der Waals surface area (Å²) < 4.78 is 0. The zero-order chi connectivity index (χ0) is 13.2. The Morgan fingerprint density at radius 3 is 2.78 bits per heavy atom. The number of aliphatic carboxylic acids is 1. The van der Waals surface area contributed by atoms with Crippen molar-refractivity contribution in [1.29, 1.82) is 0 Å². The summed E-state index contributed by atoms with van der Waals surface area (Å²) in [6.07, 6.45) is 3.81. The third kappa shape index (κ3) is 2.80. The molecule has 0 bridgehead atoms. The Morgan fingerprint density at radius 1 is 1.56 bits per heavy atom. The van der Waals surface area contributed by atoms with Crippen LogP contribution in [-0.2, 0) is 14.4 Å². The zero-order valence-corrected chi connectivity index (χ0v) is 10.4. The smallest absolute Gasteiger partial charge is 0.353 e. The highest BCUT2D eigenvalue weighted by molar-refractivity contribution is 6.36. The molecule has 2 aliphatic rings. The quantitative estimate of drug-likeness (QED) is 0.737. The van der Waals surface area contributed by atoms with Gasteiger partial charge in [-0.1, -0.05) is 18.5 Å². The highest BCUT2D eigenvalue weighted by atomic mass is 16.6. The normalized spacial score (nSPS) is 24.1. The predicted molar refractivity (Wildman–Crippen MR) is 64.1 cm³/mol. The second-order valence-corrected chi connectivity index (χ2v) is 5.11. The number of nitrogens with one attached hydrogen (secondary N) is 1. The van der Waals surface area contributed by atoms with Crippen LogP contribution in [0.5, 0.6) is 0 Å². The first-order chi connectivity index (χ1) is 8.56. The molecule has 1 atom stereocenters. The van der Waals surface area contributed by atoms with Crippen molar-refractivity contribution in [2.45, 2.75) is 45.1 Å². The Balaban J connectivity index is 1.75. The van der Waals surface area contributed by atoms with Crippen molar-refractivity contribution in [1.82, 2.24) is 5.32 Å². The number of hydrogen-bond acceptors (Lipinski definition) is 4. The van der Waals surface area contributed by atoms with Gasteiger partial charge in [-0.05, 0) is 24.7 Å². The van der Waals surface area contributed by atoms with E-state index in [2.05, 4.69) is 17.4 Å². The van der Waals surface area contributed by atoms with E-state index in [1.807, 2.05) is 0 Å². The van der Waals surface area contributed by atoms with Gasteiger partial charge in [-0.15, -0.1) is 0 Å². The van der Waals surface area contributed by atoms with Gasteiger partial charge in [0.15, 0.2) is 5.71 Å². The van der Waals surface area contributed by atoms with Crippen LogP contribution in [-0.4, -0.2) is 35.3 Å². The highest BCUT2D eigenvalue weighted by Crippen LogP contribution is 2.48. The monoisotopic (exact) mass is 254 g/mol. The molecule has 1 fully saturated rings. The molecule has 1 heterocycles. The maximum Gasteiger partial charge on any atom is 0.353 e. The van der Waals surface area contributed by atoms with Crippen molar-refractivity contribution in [2.24, 2.45) is 10.6 Å². The molecule has 100 valence electrons. The fourth-order valence-electron chi connectivity index (χ4n) is 2.26. The van der Waals surface area contributed by atoms with Crippen LogP contribution in [0.25, 0.3) is 0 Å². The number of carboxylic acid groups (broad SMARTS) is 1. The van der Waals surface area contributed by atoms with Crippen LogP contribution in [0.15, 0.2) is 5.16 Å². The highest BCUT2D eigenvalue weighted by Gasteiger charge is 2.42. The predicted octanol–water partition coefficient (Wildman–Crippen LogP) is 0.912. The van der Waals surface area contributed by atoms with Crippen LogP contribution >= 0.6 is 0 Å². The van der Waals surface area contributed by atoms with Gasteiger partial charge in [-0.3, -0.25) is 4.79 Å². The minimum atomic E-state index is -1.13. The number of oxime groups is 1. The Hall–Kier alpha value is -1.59. The summed E-state index contributed by atoms with van der Waals surface area (Å²) in [7, 11) is 0. The Kier molecular flexibility index (Phi) is 3.54. The molecule has 0 spiro atoms. The van der Waals surface area contributed by atoms with Crippen molar-refractivity contribution in [3.8, 4) is 0 Å². The minimum absolute atomic E-state index is 0.0436. The molecule has 0 aromatic heterocycles. The summed E-state index contributed by atoms with van der Waals surface area (Å²) in [5.41, 5.74) is 0.185. The van der Waals surface area contributed by atoms with Crippen LogP contribution in [0.4, 0.5) is 0 Å². The molecule has 0 aromatic carbocycles. The second kappa shape index (κ2) is 4.96. The van der Waals surface area contributed by atoms with Gasteiger partial charge in [-0.2, -0.15) is 0 Å². The lowest BCUT2D eigenvalue weighted by molar-refractivity contribution is -0.131. The van der Waals surface area contributed by atoms with E-state index in [0.717, 1.165) is 25.7 Å². The van der Waals surface area contributed by atoms with Gasteiger partial charge in [0.05, 0.1) is 0 Å². The largest absolute Gasteiger partial charge is 0.477 e. The summed E-state index contributed by atoms with van der Waals surface area (Å²) in [6, 6.07) is 0. The van der Waals surface area contributed by atoms with E-state index >= 15 is 0 Å². The third-order valence-corrected chi connectivity index (χ3v) is 3.58. The van der Waals surface area contributed by atoms with E-state index in [1.165, 1.54) is 0 Å². The van der Waals surface area contributed by atoms with E-state index in [4.69, 9.17) is 9.94 Å². The molecule has 0 saturated heterocycles. The number of carbonyl (C=O) groups is 2. The Bertz CT molecular complexity index is 388. The van der Waals surface area contributed by atoms with Crippen molar-refractivity contribution < 1.29 is 19.5 Å². The van der Waals surface area contributed by atoms with E-state index < -0.39 is 12.1 Å². The van der Waals surface area contributed by atoms with E-state index in [1.54, 1.807) is 0 Å². The van der Waals surface area contributed by atoms with Crippen LogP contribution in [0.3, 0.4) is 0 Å². The maximum absolute atomic E-state index is 11.8. The van der Waals surface area contributed by atoms with E-state index in [9.17, 15) is 9.59 Å². The first-order valence-electron chi connectivity index (χ1n) is 6.30. The molecular formula is C12H18N2O4. The molecule has 1 aliphatic carbocycles. The lowest BCUT2D eigenvalue weighted by Gasteiger charge is -2.16. The first-order valence-corrected chi connectivity index (χ1v) is 6.30. The molecule has 6 nitrogen and oxygen atoms in total.